The predicted molar refractivity (Wildman–Crippen MR) is 105 cm³/mol. The van der Waals surface area contributed by atoms with Crippen molar-refractivity contribution in [2.24, 2.45) is 0 Å². The van der Waals surface area contributed by atoms with Crippen LogP contribution in [0.25, 0.3) is 5.69 Å². The maximum absolute atomic E-state index is 11.9. The zero-order valence-electron chi connectivity index (χ0n) is 15.2. The lowest BCUT2D eigenvalue weighted by Crippen LogP contribution is -2.28. The quantitative estimate of drug-likeness (QED) is 0.532. The van der Waals surface area contributed by atoms with Gasteiger partial charge in [0.2, 0.25) is 5.88 Å². The van der Waals surface area contributed by atoms with E-state index in [4.69, 9.17) is 16.3 Å². The summed E-state index contributed by atoms with van der Waals surface area (Å²) in [4.78, 5) is 11.5. The van der Waals surface area contributed by atoms with Gasteiger partial charge < -0.3 is 10.1 Å². The van der Waals surface area contributed by atoms with Crippen LogP contribution in [0.3, 0.4) is 0 Å². The van der Waals surface area contributed by atoms with E-state index < -0.39 is 10.8 Å². The number of aromatic nitrogens is 2. The largest absolute Gasteiger partial charge is 0.416 e. The Labute approximate surface area is 166 Å². The van der Waals surface area contributed by atoms with Crippen LogP contribution < -0.4 is 10.1 Å². The van der Waals surface area contributed by atoms with Gasteiger partial charge in [0, 0.05) is 12.1 Å². The monoisotopic (exact) mass is 396 g/mol. The average Bonchev–Trinajstić information content (AvgIpc) is 3.04. The number of ether oxygens (including phenoxy) is 1. The Morgan fingerprint density at radius 1 is 1.18 bits per heavy atom. The van der Waals surface area contributed by atoms with Gasteiger partial charge in [0.05, 0.1) is 21.9 Å². The molecule has 142 valence electrons. The van der Waals surface area contributed by atoms with Crippen molar-refractivity contribution in [3.05, 3.63) is 98.1 Å². The van der Waals surface area contributed by atoms with Crippen LogP contribution in [0.5, 0.6) is 5.88 Å². The van der Waals surface area contributed by atoms with Crippen LogP contribution in [0, 0.1) is 17.0 Å². The van der Waals surface area contributed by atoms with Crippen LogP contribution in [-0.4, -0.2) is 21.8 Å². The van der Waals surface area contributed by atoms with Crippen molar-refractivity contribution < 1.29 is 9.66 Å². The Balaban J connectivity index is 1.98. The molecule has 1 aromatic heterocycles. The molecular formula is C20H17ClN4O3. The number of nitrogens with zero attached hydrogens (tertiary/aromatic N) is 3. The number of hydrogen-bond acceptors (Lipinski definition) is 5. The number of allylic oxidation sites excluding steroid dienone is 1. The second-order valence-electron chi connectivity index (χ2n) is 6.36. The molecule has 1 aliphatic heterocycles. The third-order valence-electron chi connectivity index (χ3n) is 4.68. The highest BCUT2D eigenvalue weighted by Gasteiger charge is 2.43. The fourth-order valence-electron chi connectivity index (χ4n) is 3.46. The maximum atomic E-state index is 11.9. The van der Waals surface area contributed by atoms with Crippen molar-refractivity contribution in [3.8, 4) is 11.6 Å². The molecule has 0 saturated carbocycles. The molecule has 0 fully saturated rings. The molecule has 1 N–H and O–H groups in total. The molecule has 3 aromatic rings. The summed E-state index contributed by atoms with van der Waals surface area (Å²) in [6, 6.07) is 16.5. The molecule has 2 aromatic carbocycles. The molecule has 7 nitrogen and oxygen atoms in total. The molecule has 8 heteroatoms. The molecule has 28 heavy (non-hydrogen) atoms. The number of fused-ring (bicyclic) bond motifs is 1. The van der Waals surface area contributed by atoms with E-state index in [1.54, 1.807) is 36.0 Å². The minimum atomic E-state index is -0.643. The molecule has 1 aliphatic rings. The third-order valence-corrected chi connectivity index (χ3v) is 4.94. The molecule has 4 rings (SSSR count). The zero-order chi connectivity index (χ0) is 19.8. The van der Waals surface area contributed by atoms with Crippen LogP contribution in [0.15, 0.2) is 66.2 Å². The topological polar surface area (TPSA) is 82.2 Å². The van der Waals surface area contributed by atoms with Gasteiger partial charge in [-0.05, 0) is 36.8 Å². The van der Waals surface area contributed by atoms with Gasteiger partial charge in [-0.1, -0.05) is 41.9 Å². The van der Waals surface area contributed by atoms with Crippen molar-refractivity contribution in [1.82, 2.24) is 15.1 Å². The van der Waals surface area contributed by atoms with Gasteiger partial charge in [-0.15, -0.1) is 0 Å². The first-order valence-electron chi connectivity index (χ1n) is 8.65. The smallest absolute Gasteiger partial charge is 0.317 e. The molecule has 0 radical (unpaired) electrons. The standard InChI is InChI=1S/C20H17ClN4O3/c1-12-16-17(13-8-10-14(21)11-9-13)18(25(26)27)19(22-2)28-20(16)24(23-12)15-6-4-3-5-7-15/h3-11,17,22H,1-2H3. The minimum Gasteiger partial charge on any atom is -0.416 e. The second kappa shape index (κ2) is 7.01. The van der Waals surface area contributed by atoms with Crippen molar-refractivity contribution in [2.45, 2.75) is 12.8 Å². The van der Waals surface area contributed by atoms with Crippen LogP contribution >= 0.6 is 11.6 Å². The number of nitrogens with one attached hydrogen (secondary N) is 1. The molecule has 2 heterocycles. The fourth-order valence-corrected chi connectivity index (χ4v) is 3.58. The van der Waals surface area contributed by atoms with Gasteiger partial charge in [-0.25, -0.2) is 4.68 Å². The van der Waals surface area contributed by atoms with Gasteiger partial charge in [0.15, 0.2) is 0 Å². The van der Waals surface area contributed by atoms with Gasteiger partial charge in [-0.2, -0.15) is 5.10 Å². The molecule has 1 atom stereocenters. The van der Waals surface area contributed by atoms with E-state index in [-0.39, 0.29) is 11.6 Å². The van der Waals surface area contributed by atoms with E-state index in [1.165, 1.54) is 0 Å². The van der Waals surface area contributed by atoms with E-state index in [1.807, 2.05) is 37.3 Å². The van der Waals surface area contributed by atoms with Gasteiger partial charge in [0.25, 0.3) is 5.88 Å². The van der Waals surface area contributed by atoms with Crippen molar-refractivity contribution in [2.75, 3.05) is 7.05 Å². The van der Waals surface area contributed by atoms with Crippen molar-refractivity contribution in [1.29, 1.82) is 0 Å². The Kier molecular flexibility index (Phi) is 4.52. The summed E-state index contributed by atoms with van der Waals surface area (Å²) in [6.45, 7) is 1.83. The highest BCUT2D eigenvalue weighted by atomic mass is 35.5. The number of benzene rings is 2. The van der Waals surface area contributed by atoms with Crippen LogP contribution in [0.1, 0.15) is 22.7 Å². The molecule has 1 unspecified atom stereocenters. The first-order valence-corrected chi connectivity index (χ1v) is 9.03. The number of aryl methyl sites for hydroxylation is 1. The van der Waals surface area contributed by atoms with E-state index in [9.17, 15) is 10.1 Å². The highest BCUT2D eigenvalue weighted by molar-refractivity contribution is 6.30. The number of halogens is 1. The van der Waals surface area contributed by atoms with Crippen molar-refractivity contribution >= 4 is 11.6 Å². The van der Waals surface area contributed by atoms with Crippen LogP contribution in [0.4, 0.5) is 0 Å². The Morgan fingerprint density at radius 2 is 1.86 bits per heavy atom. The van der Waals surface area contributed by atoms with Crippen LogP contribution in [-0.2, 0) is 0 Å². The molecule has 0 bridgehead atoms. The SMILES string of the molecule is CNC1=C([N+](=O)[O-])C(c2ccc(Cl)cc2)c2c(C)nn(-c3ccccc3)c2O1. The van der Waals surface area contributed by atoms with E-state index in [0.717, 1.165) is 11.3 Å². The Morgan fingerprint density at radius 3 is 2.46 bits per heavy atom. The van der Waals surface area contributed by atoms with Gasteiger partial charge >= 0.3 is 5.70 Å². The van der Waals surface area contributed by atoms with Gasteiger partial charge in [-0.3, -0.25) is 10.1 Å². The maximum Gasteiger partial charge on any atom is 0.317 e. The predicted octanol–water partition coefficient (Wildman–Crippen LogP) is 4.02. The Bertz CT molecular complexity index is 1070. The summed E-state index contributed by atoms with van der Waals surface area (Å²) in [6.07, 6.45) is 0. The lowest BCUT2D eigenvalue weighted by atomic mass is 9.87. The summed E-state index contributed by atoms with van der Waals surface area (Å²) >= 11 is 6.02. The third kappa shape index (κ3) is 2.90. The fraction of sp³-hybridized carbons (Fsp3) is 0.150. The molecular weight excluding hydrogens is 380 g/mol. The number of para-hydroxylation sites is 1. The number of nitro groups is 1. The summed E-state index contributed by atoms with van der Waals surface area (Å²) < 4.78 is 7.61. The number of hydrogen-bond donors (Lipinski definition) is 1. The van der Waals surface area contributed by atoms with E-state index in [0.29, 0.717) is 22.2 Å². The minimum absolute atomic E-state index is 0.0620. The van der Waals surface area contributed by atoms with Gasteiger partial charge in [0.1, 0.15) is 5.92 Å². The van der Waals surface area contributed by atoms with Crippen molar-refractivity contribution in [3.63, 3.8) is 0 Å². The summed E-state index contributed by atoms with van der Waals surface area (Å²) in [5, 5.41) is 19.9. The first-order chi connectivity index (χ1) is 13.5. The van der Waals surface area contributed by atoms with E-state index >= 15 is 0 Å². The normalized spacial score (nSPS) is 15.8. The molecule has 0 spiro atoms. The lowest BCUT2D eigenvalue weighted by Gasteiger charge is -2.24. The van der Waals surface area contributed by atoms with E-state index in [2.05, 4.69) is 10.4 Å². The summed E-state index contributed by atoms with van der Waals surface area (Å²) in [5.74, 6) is -0.0935. The summed E-state index contributed by atoms with van der Waals surface area (Å²) in [5.41, 5.74) is 2.81. The summed E-state index contributed by atoms with van der Waals surface area (Å²) in [7, 11) is 1.60. The average molecular weight is 397 g/mol. The number of rotatable bonds is 4. The highest BCUT2D eigenvalue weighted by Crippen LogP contribution is 2.45. The first kappa shape index (κ1) is 18.1. The molecule has 0 amide bonds. The van der Waals surface area contributed by atoms with Crippen LogP contribution in [0.2, 0.25) is 5.02 Å². The second-order valence-corrected chi connectivity index (χ2v) is 6.80. The lowest BCUT2D eigenvalue weighted by molar-refractivity contribution is -0.432. The Hall–Kier alpha value is -3.32. The molecule has 0 aliphatic carbocycles. The molecule has 0 saturated heterocycles. The zero-order valence-corrected chi connectivity index (χ0v) is 16.0.